The van der Waals surface area contributed by atoms with Crippen LogP contribution in [0.2, 0.25) is 0 Å². The highest BCUT2D eigenvalue weighted by Crippen LogP contribution is 2.34. The van der Waals surface area contributed by atoms with Gasteiger partial charge in [-0.05, 0) is 38.2 Å². The molecule has 0 aliphatic heterocycles. The molecule has 1 aliphatic rings. The molecule has 0 radical (unpaired) electrons. The lowest BCUT2D eigenvalue weighted by molar-refractivity contribution is 0.120. The van der Waals surface area contributed by atoms with Crippen molar-refractivity contribution in [3.63, 3.8) is 0 Å². The van der Waals surface area contributed by atoms with Gasteiger partial charge in [-0.1, -0.05) is 25.8 Å². The summed E-state index contributed by atoms with van der Waals surface area (Å²) in [6.07, 6.45) is 6.48. The molecule has 20 heavy (non-hydrogen) atoms. The van der Waals surface area contributed by atoms with E-state index in [1.165, 1.54) is 19.3 Å². The van der Waals surface area contributed by atoms with Crippen LogP contribution < -0.4 is 15.2 Å². The van der Waals surface area contributed by atoms with Gasteiger partial charge in [-0.3, -0.25) is 0 Å². The van der Waals surface area contributed by atoms with Gasteiger partial charge in [-0.15, -0.1) is 0 Å². The number of hydrogen-bond acceptors (Lipinski definition) is 3. The van der Waals surface area contributed by atoms with Gasteiger partial charge in [0.15, 0.2) is 0 Å². The van der Waals surface area contributed by atoms with Crippen molar-refractivity contribution in [1.29, 1.82) is 0 Å². The Balaban J connectivity index is 2.14. The molecule has 1 fully saturated rings. The van der Waals surface area contributed by atoms with Crippen LogP contribution in [-0.2, 0) is 0 Å². The Hall–Kier alpha value is -1.22. The van der Waals surface area contributed by atoms with E-state index >= 15 is 0 Å². The van der Waals surface area contributed by atoms with Crippen molar-refractivity contribution in [1.82, 2.24) is 0 Å². The van der Waals surface area contributed by atoms with Crippen LogP contribution in [0.4, 0.5) is 0 Å². The van der Waals surface area contributed by atoms with Crippen LogP contribution in [0, 0.1) is 5.92 Å². The number of methoxy groups -OCH3 is 1. The monoisotopic (exact) mass is 277 g/mol. The molecule has 1 saturated carbocycles. The van der Waals surface area contributed by atoms with Crippen LogP contribution in [-0.4, -0.2) is 13.2 Å². The van der Waals surface area contributed by atoms with Crippen LogP contribution >= 0.6 is 0 Å². The zero-order chi connectivity index (χ0) is 14.5. The molecule has 0 heterocycles. The maximum atomic E-state index is 6.26. The summed E-state index contributed by atoms with van der Waals surface area (Å²) in [4.78, 5) is 0. The molecule has 1 aliphatic carbocycles. The van der Waals surface area contributed by atoms with Gasteiger partial charge in [0, 0.05) is 17.7 Å². The molecular weight excluding hydrogens is 250 g/mol. The molecule has 0 aromatic heterocycles. The lowest BCUT2D eigenvalue weighted by atomic mass is 9.85. The molecule has 1 aromatic rings. The van der Waals surface area contributed by atoms with Crippen molar-refractivity contribution in [3.05, 3.63) is 23.8 Å². The smallest absolute Gasteiger partial charge is 0.128 e. The average Bonchev–Trinajstić information content (AvgIpc) is 2.47. The highest BCUT2D eigenvalue weighted by molar-refractivity contribution is 5.42. The maximum absolute atomic E-state index is 6.26. The SMILES string of the molecule is CCC1CCCC(Oc2cc(OC)ccc2[C@H](C)N)C1. The highest BCUT2D eigenvalue weighted by atomic mass is 16.5. The first-order valence-electron chi connectivity index (χ1n) is 7.74. The quantitative estimate of drug-likeness (QED) is 0.882. The van der Waals surface area contributed by atoms with E-state index in [1.54, 1.807) is 7.11 Å². The molecular formula is C17H27NO2. The van der Waals surface area contributed by atoms with E-state index in [0.29, 0.717) is 6.10 Å². The molecule has 2 unspecified atom stereocenters. The second-order valence-electron chi connectivity index (χ2n) is 5.87. The van der Waals surface area contributed by atoms with E-state index in [0.717, 1.165) is 35.8 Å². The number of hydrogen-bond donors (Lipinski definition) is 1. The molecule has 2 rings (SSSR count). The predicted molar refractivity (Wildman–Crippen MR) is 82.3 cm³/mol. The van der Waals surface area contributed by atoms with Crippen molar-refractivity contribution in [2.45, 2.75) is 58.1 Å². The van der Waals surface area contributed by atoms with Crippen LogP contribution in [0.3, 0.4) is 0 Å². The van der Waals surface area contributed by atoms with E-state index in [-0.39, 0.29) is 6.04 Å². The van der Waals surface area contributed by atoms with E-state index < -0.39 is 0 Å². The Morgan fingerprint density at radius 2 is 2.15 bits per heavy atom. The molecule has 3 nitrogen and oxygen atoms in total. The summed E-state index contributed by atoms with van der Waals surface area (Å²) in [5, 5.41) is 0. The normalized spacial score (nSPS) is 24.2. The zero-order valence-corrected chi connectivity index (χ0v) is 12.9. The zero-order valence-electron chi connectivity index (χ0n) is 12.9. The molecule has 0 bridgehead atoms. The van der Waals surface area contributed by atoms with Gasteiger partial charge in [0.25, 0.3) is 0 Å². The van der Waals surface area contributed by atoms with E-state index in [4.69, 9.17) is 15.2 Å². The summed E-state index contributed by atoms with van der Waals surface area (Å²) >= 11 is 0. The standard InChI is InChI=1S/C17H27NO2/c1-4-13-6-5-7-15(10-13)20-17-11-14(19-3)8-9-16(17)12(2)18/h8-9,11-13,15H,4-7,10,18H2,1-3H3/t12-,13?,15?/m0/s1. The fourth-order valence-corrected chi connectivity index (χ4v) is 3.02. The minimum Gasteiger partial charge on any atom is -0.497 e. The van der Waals surface area contributed by atoms with Gasteiger partial charge in [0.1, 0.15) is 11.5 Å². The van der Waals surface area contributed by atoms with E-state index in [1.807, 2.05) is 25.1 Å². The number of rotatable bonds is 5. The highest BCUT2D eigenvalue weighted by Gasteiger charge is 2.23. The Morgan fingerprint density at radius 3 is 2.80 bits per heavy atom. The maximum Gasteiger partial charge on any atom is 0.128 e. The van der Waals surface area contributed by atoms with Crippen molar-refractivity contribution in [3.8, 4) is 11.5 Å². The predicted octanol–water partition coefficient (Wildman–Crippen LogP) is 4.06. The summed E-state index contributed by atoms with van der Waals surface area (Å²) in [7, 11) is 1.68. The Morgan fingerprint density at radius 1 is 1.35 bits per heavy atom. The van der Waals surface area contributed by atoms with Gasteiger partial charge in [-0.25, -0.2) is 0 Å². The van der Waals surface area contributed by atoms with Crippen molar-refractivity contribution < 1.29 is 9.47 Å². The molecule has 0 saturated heterocycles. The first kappa shape index (κ1) is 15.2. The van der Waals surface area contributed by atoms with Crippen LogP contribution in [0.25, 0.3) is 0 Å². The average molecular weight is 277 g/mol. The summed E-state index contributed by atoms with van der Waals surface area (Å²) in [6, 6.07) is 5.90. The third-order valence-corrected chi connectivity index (χ3v) is 4.32. The second kappa shape index (κ2) is 6.98. The molecule has 112 valence electrons. The van der Waals surface area contributed by atoms with E-state index in [9.17, 15) is 0 Å². The number of ether oxygens (including phenoxy) is 2. The summed E-state index contributed by atoms with van der Waals surface area (Å²) in [5.41, 5.74) is 7.10. The fourth-order valence-electron chi connectivity index (χ4n) is 3.02. The lowest BCUT2D eigenvalue weighted by Crippen LogP contribution is -2.26. The van der Waals surface area contributed by atoms with Gasteiger partial charge in [0.05, 0.1) is 13.2 Å². The Labute approximate surface area is 122 Å². The summed E-state index contributed by atoms with van der Waals surface area (Å²) in [5.74, 6) is 2.52. The molecule has 3 atom stereocenters. The summed E-state index contributed by atoms with van der Waals surface area (Å²) < 4.78 is 11.6. The molecule has 3 heteroatoms. The molecule has 2 N–H and O–H groups in total. The van der Waals surface area contributed by atoms with Crippen LogP contribution in [0.15, 0.2) is 18.2 Å². The van der Waals surface area contributed by atoms with Gasteiger partial charge >= 0.3 is 0 Å². The third-order valence-electron chi connectivity index (χ3n) is 4.32. The topological polar surface area (TPSA) is 44.5 Å². The van der Waals surface area contributed by atoms with Crippen molar-refractivity contribution in [2.75, 3.05) is 7.11 Å². The van der Waals surface area contributed by atoms with Crippen molar-refractivity contribution in [2.24, 2.45) is 11.7 Å². The van der Waals surface area contributed by atoms with Gasteiger partial charge in [-0.2, -0.15) is 0 Å². The fraction of sp³-hybridized carbons (Fsp3) is 0.647. The molecule has 1 aromatic carbocycles. The third kappa shape index (κ3) is 3.66. The molecule has 0 amide bonds. The first-order valence-corrected chi connectivity index (χ1v) is 7.74. The second-order valence-corrected chi connectivity index (χ2v) is 5.87. The van der Waals surface area contributed by atoms with Crippen LogP contribution in [0.5, 0.6) is 11.5 Å². The minimum absolute atomic E-state index is 0.0264. The lowest BCUT2D eigenvalue weighted by Gasteiger charge is -2.30. The largest absolute Gasteiger partial charge is 0.497 e. The van der Waals surface area contributed by atoms with Gasteiger partial charge < -0.3 is 15.2 Å². The number of nitrogens with two attached hydrogens (primary N) is 1. The number of benzene rings is 1. The minimum atomic E-state index is -0.0264. The Kier molecular flexibility index (Phi) is 5.30. The van der Waals surface area contributed by atoms with Crippen molar-refractivity contribution >= 4 is 0 Å². The summed E-state index contributed by atoms with van der Waals surface area (Å²) in [6.45, 7) is 4.26. The first-order chi connectivity index (χ1) is 9.63. The van der Waals surface area contributed by atoms with E-state index in [2.05, 4.69) is 6.92 Å². The Bertz CT molecular complexity index is 431. The van der Waals surface area contributed by atoms with Gasteiger partial charge in [0.2, 0.25) is 0 Å². The van der Waals surface area contributed by atoms with Crippen LogP contribution in [0.1, 0.15) is 57.6 Å². The molecule has 0 spiro atoms.